The van der Waals surface area contributed by atoms with E-state index >= 15 is 0 Å². The third kappa shape index (κ3) is 6.46. The van der Waals surface area contributed by atoms with E-state index in [0.717, 1.165) is 61.6 Å². The lowest BCUT2D eigenvalue weighted by Crippen LogP contribution is -2.25. The van der Waals surface area contributed by atoms with Crippen LogP contribution in [-0.4, -0.2) is 33.1 Å². The fourth-order valence-corrected chi connectivity index (χ4v) is 5.65. The molecule has 1 saturated carbocycles. The van der Waals surface area contributed by atoms with E-state index in [1.807, 2.05) is 13.8 Å². The molecule has 1 fully saturated rings. The molecule has 1 aliphatic heterocycles. The molecular formula is C31H41NO5. The van der Waals surface area contributed by atoms with Crippen molar-refractivity contribution in [3.8, 4) is 11.5 Å². The molecule has 2 N–H and O–H groups in total. The van der Waals surface area contributed by atoms with Crippen LogP contribution >= 0.6 is 0 Å². The number of benzene rings is 2. The summed E-state index contributed by atoms with van der Waals surface area (Å²) < 4.78 is 5.84. The van der Waals surface area contributed by atoms with Gasteiger partial charge in [-0.2, -0.15) is 0 Å². The number of nitrogens with zero attached hydrogens (tertiary/aromatic N) is 1. The van der Waals surface area contributed by atoms with Crippen molar-refractivity contribution in [2.45, 2.75) is 97.8 Å². The highest BCUT2D eigenvalue weighted by molar-refractivity contribution is 5.97. The number of carbonyl (C=O) groups is 2. The molecule has 0 aromatic heterocycles. The predicted molar refractivity (Wildman–Crippen MR) is 143 cm³/mol. The normalized spacial score (nSPS) is 16.4. The second kappa shape index (κ2) is 11.6. The average Bonchev–Trinajstić information content (AvgIpc) is 3.50. The Hall–Kier alpha value is -3.02. The molecule has 1 amide bonds. The molecule has 0 radical (unpaired) electrons. The molecule has 6 heteroatoms. The maximum Gasteiger partial charge on any atom is 0.309 e. The summed E-state index contributed by atoms with van der Waals surface area (Å²) in [5, 5.41) is 20.5. The van der Waals surface area contributed by atoms with Crippen LogP contribution in [0.25, 0.3) is 0 Å². The van der Waals surface area contributed by atoms with Crippen molar-refractivity contribution in [2.75, 3.05) is 0 Å². The Bertz CT molecular complexity index is 1130. The Morgan fingerprint density at radius 1 is 0.973 bits per heavy atom. The number of rotatable bonds is 9. The molecular weight excluding hydrogens is 466 g/mol. The summed E-state index contributed by atoms with van der Waals surface area (Å²) in [6, 6.07) is 9.17. The zero-order valence-electron chi connectivity index (χ0n) is 22.6. The summed E-state index contributed by atoms with van der Waals surface area (Å²) in [5.74, 6) is -0.143. The largest absolute Gasteiger partial charge is 0.508 e. The van der Waals surface area contributed by atoms with Crippen LogP contribution in [0.15, 0.2) is 30.3 Å². The number of phenols is 2. The lowest BCUT2D eigenvalue weighted by Gasteiger charge is -2.20. The molecule has 2 aliphatic rings. The Morgan fingerprint density at radius 3 is 2.35 bits per heavy atom. The van der Waals surface area contributed by atoms with Crippen LogP contribution in [0.4, 0.5) is 0 Å². The van der Waals surface area contributed by atoms with Gasteiger partial charge in [0.05, 0.1) is 11.5 Å². The molecule has 0 bridgehead atoms. The number of aromatic hydroxyl groups is 2. The van der Waals surface area contributed by atoms with E-state index in [1.54, 1.807) is 11.0 Å². The van der Waals surface area contributed by atoms with Gasteiger partial charge in [0.15, 0.2) is 0 Å². The van der Waals surface area contributed by atoms with Gasteiger partial charge in [0, 0.05) is 19.2 Å². The predicted octanol–water partition coefficient (Wildman–Crippen LogP) is 6.46. The first-order chi connectivity index (χ1) is 17.6. The number of carbonyl (C=O) groups excluding carboxylic acids is 2. The van der Waals surface area contributed by atoms with Gasteiger partial charge in [0.1, 0.15) is 17.6 Å². The lowest BCUT2D eigenvalue weighted by molar-refractivity contribution is -0.154. The third-order valence-electron chi connectivity index (χ3n) is 7.73. The molecule has 37 heavy (non-hydrogen) atoms. The molecule has 2 aromatic carbocycles. The van der Waals surface area contributed by atoms with E-state index < -0.39 is 0 Å². The van der Waals surface area contributed by atoms with E-state index in [2.05, 4.69) is 32.0 Å². The fourth-order valence-electron chi connectivity index (χ4n) is 5.65. The second-order valence-electron chi connectivity index (χ2n) is 11.6. The van der Waals surface area contributed by atoms with Crippen molar-refractivity contribution < 1.29 is 24.5 Å². The van der Waals surface area contributed by atoms with Gasteiger partial charge in [0.25, 0.3) is 5.91 Å². The summed E-state index contributed by atoms with van der Waals surface area (Å²) in [5.41, 5.74) is 4.21. The van der Waals surface area contributed by atoms with Crippen LogP contribution in [0.2, 0.25) is 0 Å². The molecule has 200 valence electrons. The molecule has 4 rings (SSSR count). The van der Waals surface area contributed by atoms with Crippen LogP contribution in [0.5, 0.6) is 11.5 Å². The minimum Gasteiger partial charge on any atom is -0.508 e. The van der Waals surface area contributed by atoms with Gasteiger partial charge in [-0.05, 0) is 85.1 Å². The number of ether oxygens (including phenoxy) is 1. The standard InChI is InChI=1S/C31H41NO5/c1-19(2)13-22(31(36)37-25-7-5-6-8-25)11-9-21-10-12-23-17-32(18-24(23)14-21)30(35)27-15-26(20(3)4)28(33)16-29(27)34/h10,12,14-16,19-20,22,25,33-34H,5-9,11,13,17-18H2,1-4H3/t22-/m0/s1. The molecule has 0 spiro atoms. The first-order valence-corrected chi connectivity index (χ1v) is 13.8. The Kier molecular flexibility index (Phi) is 8.46. The van der Waals surface area contributed by atoms with E-state index in [-0.39, 0.29) is 46.9 Å². The van der Waals surface area contributed by atoms with Crippen molar-refractivity contribution in [3.05, 3.63) is 58.1 Å². The third-order valence-corrected chi connectivity index (χ3v) is 7.73. The van der Waals surface area contributed by atoms with E-state index in [4.69, 9.17) is 4.74 Å². The van der Waals surface area contributed by atoms with Gasteiger partial charge in [0.2, 0.25) is 0 Å². The van der Waals surface area contributed by atoms with Crippen molar-refractivity contribution in [1.29, 1.82) is 0 Å². The van der Waals surface area contributed by atoms with E-state index in [0.29, 0.717) is 24.6 Å². The van der Waals surface area contributed by atoms with Crippen LogP contribution in [-0.2, 0) is 29.0 Å². The van der Waals surface area contributed by atoms with Crippen molar-refractivity contribution >= 4 is 11.9 Å². The Morgan fingerprint density at radius 2 is 1.68 bits per heavy atom. The molecule has 1 aliphatic carbocycles. The van der Waals surface area contributed by atoms with Gasteiger partial charge in [-0.15, -0.1) is 0 Å². The summed E-state index contributed by atoms with van der Waals surface area (Å²) >= 11 is 0. The Labute approximate surface area is 220 Å². The average molecular weight is 508 g/mol. The van der Waals surface area contributed by atoms with E-state index in [9.17, 15) is 19.8 Å². The summed E-state index contributed by atoms with van der Waals surface area (Å²) in [6.45, 7) is 9.12. The fraction of sp³-hybridized carbons (Fsp3) is 0.548. The van der Waals surface area contributed by atoms with Gasteiger partial charge >= 0.3 is 5.97 Å². The first-order valence-electron chi connectivity index (χ1n) is 13.8. The number of aryl methyl sites for hydroxylation is 1. The highest BCUT2D eigenvalue weighted by Gasteiger charge is 2.29. The van der Waals surface area contributed by atoms with Crippen molar-refractivity contribution in [2.24, 2.45) is 11.8 Å². The SMILES string of the molecule is CC(C)C[C@H](CCc1ccc2c(c1)CN(C(=O)c1cc(C(C)C)c(O)cc1O)C2)C(=O)OC1CCCC1. The second-order valence-corrected chi connectivity index (χ2v) is 11.6. The van der Waals surface area contributed by atoms with Crippen molar-refractivity contribution in [1.82, 2.24) is 4.90 Å². The minimum absolute atomic E-state index is 0.00120. The number of phenolic OH excluding ortho intramolecular Hbond substituents is 2. The monoisotopic (exact) mass is 507 g/mol. The van der Waals surface area contributed by atoms with Gasteiger partial charge in [-0.3, -0.25) is 9.59 Å². The number of amides is 1. The minimum atomic E-state index is -0.246. The van der Waals surface area contributed by atoms with Gasteiger partial charge in [-0.25, -0.2) is 0 Å². The zero-order valence-corrected chi connectivity index (χ0v) is 22.6. The maximum atomic E-state index is 13.3. The van der Waals surface area contributed by atoms with Gasteiger partial charge < -0.3 is 19.8 Å². The maximum absolute atomic E-state index is 13.3. The van der Waals surface area contributed by atoms with Crippen LogP contribution in [0.1, 0.15) is 105 Å². The zero-order chi connectivity index (χ0) is 26.7. The molecule has 1 atom stereocenters. The smallest absolute Gasteiger partial charge is 0.309 e. The van der Waals surface area contributed by atoms with Gasteiger partial charge in [-0.1, -0.05) is 45.9 Å². The topological polar surface area (TPSA) is 87.1 Å². The number of hydrogen-bond acceptors (Lipinski definition) is 5. The molecule has 0 saturated heterocycles. The highest BCUT2D eigenvalue weighted by atomic mass is 16.5. The number of esters is 1. The summed E-state index contributed by atoms with van der Waals surface area (Å²) in [4.78, 5) is 27.9. The van der Waals surface area contributed by atoms with Crippen molar-refractivity contribution in [3.63, 3.8) is 0 Å². The molecule has 6 nitrogen and oxygen atoms in total. The molecule has 1 heterocycles. The highest BCUT2D eigenvalue weighted by Crippen LogP contribution is 2.35. The van der Waals surface area contributed by atoms with E-state index in [1.165, 1.54) is 6.07 Å². The molecule has 0 unspecified atom stereocenters. The number of hydrogen-bond donors (Lipinski definition) is 2. The quantitative estimate of drug-likeness (QED) is 0.381. The van der Waals surface area contributed by atoms with Crippen LogP contribution < -0.4 is 0 Å². The summed E-state index contributed by atoms with van der Waals surface area (Å²) in [6.07, 6.45) is 6.73. The molecule has 2 aromatic rings. The number of fused-ring (bicyclic) bond motifs is 1. The Balaban J connectivity index is 1.41. The van der Waals surface area contributed by atoms with Crippen LogP contribution in [0.3, 0.4) is 0 Å². The summed E-state index contributed by atoms with van der Waals surface area (Å²) in [7, 11) is 0. The first kappa shape index (κ1) is 27.0. The lowest BCUT2D eigenvalue weighted by atomic mass is 9.90. The van der Waals surface area contributed by atoms with Crippen LogP contribution in [0, 0.1) is 11.8 Å².